The zero-order valence-corrected chi connectivity index (χ0v) is 16.0. The second-order valence-corrected chi connectivity index (χ2v) is 7.48. The number of halogens is 5. The molecule has 31 heavy (non-hydrogen) atoms. The number of hydrogen-bond acceptors (Lipinski definition) is 6. The van der Waals surface area contributed by atoms with Gasteiger partial charge in [-0.05, 0) is 18.8 Å². The molecule has 2 atom stereocenters. The Morgan fingerprint density at radius 2 is 1.94 bits per heavy atom. The topological polar surface area (TPSA) is 99.0 Å². The number of esters is 1. The normalized spacial score (nSPS) is 19.5. The van der Waals surface area contributed by atoms with Gasteiger partial charge in [-0.2, -0.15) is 18.3 Å². The summed E-state index contributed by atoms with van der Waals surface area (Å²) in [5, 5.41) is 6.16. The third kappa shape index (κ3) is 3.41. The molecular weight excluding hydrogens is 429 g/mol. The number of amides is 1. The van der Waals surface area contributed by atoms with Crippen molar-refractivity contribution < 1.29 is 36.3 Å². The van der Waals surface area contributed by atoms with Crippen LogP contribution in [0.3, 0.4) is 0 Å². The fourth-order valence-electron chi connectivity index (χ4n) is 3.78. The van der Waals surface area contributed by atoms with E-state index < -0.39 is 42.6 Å². The molecule has 1 saturated carbocycles. The average molecular weight is 445 g/mol. The number of fused-ring (bicyclic) bond motifs is 3. The van der Waals surface area contributed by atoms with Crippen molar-refractivity contribution in [2.75, 3.05) is 20.5 Å². The fraction of sp³-hybridized carbons (Fsp3) is 0.500. The van der Waals surface area contributed by atoms with E-state index in [1.807, 2.05) is 5.32 Å². The lowest BCUT2D eigenvalue weighted by molar-refractivity contribution is -0.149. The van der Waals surface area contributed by atoms with Gasteiger partial charge in [0.05, 0.1) is 25.2 Å². The summed E-state index contributed by atoms with van der Waals surface area (Å²) in [5.41, 5.74) is -2.79. The molecule has 1 fully saturated rings. The van der Waals surface area contributed by atoms with E-state index in [2.05, 4.69) is 19.8 Å². The van der Waals surface area contributed by atoms with Crippen LogP contribution < -0.4 is 5.32 Å². The van der Waals surface area contributed by atoms with E-state index in [-0.39, 0.29) is 23.3 Å². The Kier molecular flexibility index (Phi) is 4.93. The van der Waals surface area contributed by atoms with Crippen LogP contribution in [0.1, 0.15) is 39.8 Å². The van der Waals surface area contributed by atoms with Gasteiger partial charge < -0.3 is 10.1 Å². The molecule has 0 radical (unpaired) electrons. The highest BCUT2D eigenvalue weighted by atomic mass is 19.4. The Morgan fingerprint density at radius 3 is 2.48 bits per heavy atom. The molecule has 2 heterocycles. The minimum Gasteiger partial charge on any atom is -0.467 e. The molecule has 13 heteroatoms. The van der Waals surface area contributed by atoms with Crippen LogP contribution in [-0.4, -0.2) is 57.6 Å². The number of aromatic nitrogens is 4. The second-order valence-electron chi connectivity index (χ2n) is 7.48. The number of alkyl halides is 5. The molecule has 0 unspecified atom stereocenters. The summed E-state index contributed by atoms with van der Waals surface area (Å²) in [6, 6.07) is 0. The molecule has 2 aliphatic carbocycles. The zero-order chi connectivity index (χ0) is 22.6. The Hall–Kier alpha value is -3.12. The molecule has 2 aliphatic rings. The fourth-order valence-corrected chi connectivity index (χ4v) is 3.78. The standard InChI is InChI=1S/C18H16F5N5O3/c1-31-16(30)17(6-19,7-20)26-15(29)13-10-3-8-2-9(8)14(10)28(27-13)12-5-24-11(4-25-12)18(21,22)23/h4-5,8-9H,2-3,6-7H2,1H3,(H,26,29)/t8-,9-/m1/s1. The van der Waals surface area contributed by atoms with E-state index in [4.69, 9.17) is 0 Å². The largest absolute Gasteiger partial charge is 0.467 e. The average Bonchev–Trinajstić information content (AvgIpc) is 3.25. The molecule has 0 saturated heterocycles. The molecule has 8 nitrogen and oxygen atoms in total. The first-order valence-corrected chi connectivity index (χ1v) is 9.19. The van der Waals surface area contributed by atoms with E-state index in [1.165, 1.54) is 4.68 Å². The van der Waals surface area contributed by atoms with Gasteiger partial charge in [0.2, 0.25) is 0 Å². The van der Waals surface area contributed by atoms with E-state index in [0.29, 0.717) is 23.9 Å². The number of carbonyl (C=O) groups is 2. The first-order valence-electron chi connectivity index (χ1n) is 9.19. The van der Waals surface area contributed by atoms with Crippen LogP contribution in [0.15, 0.2) is 12.4 Å². The molecule has 166 valence electrons. The van der Waals surface area contributed by atoms with Crippen molar-refractivity contribution >= 4 is 11.9 Å². The lowest BCUT2D eigenvalue weighted by Crippen LogP contribution is -2.58. The van der Waals surface area contributed by atoms with Crippen LogP contribution in [0.4, 0.5) is 22.0 Å². The number of nitrogens with one attached hydrogen (secondary N) is 1. The molecule has 4 rings (SSSR count). The summed E-state index contributed by atoms with van der Waals surface area (Å²) in [5.74, 6) is -2.05. The van der Waals surface area contributed by atoms with Gasteiger partial charge >= 0.3 is 12.1 Å². The van der Waals surface area contributed by atoms with Gasteiger partial charge in [-0.15, -0.1) is 0 Å². The summed E-state index contributed by atoms with van der Waals surface area (Å²) in [4.78, 5) is 31.8. The molecule has 0 aliphatic heterocycles. The van der Waals surface area contributed by atoms with Crippen molar-refractivity contribution in [2.24, 2.45) is 5.92 Å². The van der Waals surface area contributed by atoms with Crippen LogP contribution in [-0.2, 0) is 22.1 Å². The molecule has 0 aromatic carbocycles. The van der Waals surface area contributed by atoms with E-state index in [9.17, 15) is 31.5 Å². The lowest BCUT2D eigenvalue weighted by Gasteiger charge is -2.25. The summed E-state index contributed by atoms with van der Waals surface area (Å²) < 4.78 is 70.9. The zero-order valence-electron chi connectivity index (χ0n) is 16.0. The van der Waals surface area contributed by atoms with Gasteiger partial charge in [-0.3, -0.25) is 4.79 Å². The number of rotatable bonds is 6. The number of carbonyl (C=O) groups excluding carboxylic acids is 2. The van der Waals surface area contributed by atoms with E-state index >= 15 is 0 Å². The third-order valence-corrected chi connectivity index (χ3v) is 5.51. The highest BCUT2D eigenvalue weighted by molar-refractivity contribution is 5.98. The molecule has 1 N–H and O–H groups in total. The van der Waals surface area contributed by atoms with Crippen molar-refractivity contribution in [3.05, 3.63) is 35.0 Å². The third-order valence-electron chi connectivity index (χ3n) is 5.51. The van der Waals surface area contributed by atoms with Crippen molar-refractivity contribution in [2.45, 2.75) is 30.5 Å². The van der Waals surface area contributed by atoms with Crippen LogP contribution in [0, 0.1) is 5.92 Å². The molecular formula is C18H16F5N5O3. The van der Waals surface area contributed by atoms with Gasteiger partial charge in [-0.1, -0.05) is 0 Å². The first kappa shape index (κ1) is 21.1. The van der Waals surface area contributed by atoms with Crippen molar-refractivity contribution in [3.63, 3.8) is 0 Å². The van der Waals surface area contributed by atoms with Gasteiger partial charge in [-0.25, -0.2) is 28.2 Å². The first-order chi connectivity index (χ1) is 14.6. The van der Waals surface area contributed by atoms with Crippen molar-refractivity contribution in [1.82, 2.24) is 25.1 Å². The Morgan fingerprint density at radius 1 is 1.23 bits per heavy atom. The van der Waals surface area contributed by atoms with Gasteiger partial charge in [0.1, 0.15) is 13.3 Å². The second kappa shape index (κ2) is 7.24. The lowest BCUT2D eigenvalue weighted by atomic mass is 10.0. The van der Waals surface area contributed by atoms with E-state index in [1.54, 1.807) is 0 Å². The van der Waals surface area contributed by atoms with Crippen LogP contribution >= 0.6 is 0 Å². The summed E-state index contributed by atoms with van der Waals surface area (Å²) in [6.45, 7) is -3.08. The monoisotopic (exact) mass is 445 g/mol. The Balaban J connectivity index is 1.70. The maximum atomic E-state index is 13.5. The maximum absolute atomic E-state index is 13.5. The van der Waals surface area contributed by atoms with Crippen LogP contribution in [0.2, 0.25) is 0 Å². The summed E-state index contributed by atoms with van der Waals surface area (Å²) >= 11 is 0. The number of nitrogens with zero attached hydrogens (tertiary/aromatic N) is 4. The number of methoxy groups -OCH3 is 1. The van der Waals surface area contributed by atoms with Gasteiger partial charge in [0.25, 0.3) is 5.91 Å². The van der Waals surface area contributed by atoms with Gasteiger partial charge in [0.15, 0.2) is 22.7 Å². The summed E-state index contributed by atoms with van der Waals surface area (Å²) in [7, 11) is 0.928. The molecule has 0 bridgehead atoms. The SMILES string of the molecule is COC(=O)C(CF)(CF)NC(=O)c1nn(-c2cnc(C(F)(F)F)cn2)c2c1C[C@H]1C[C@@H]21. The van der Waals surface area contributed by atoms with Crippen LogP contribution in [0.5, 0.6) is 0 Å². The minimum absolute atomic E-state index is 0.0361. The van der Waals surface area contributed by atoms with Gasteiger partial charge in [0, 0.05) is 11.5 Å². The Bertz CT molecular complexity index is 1030. The molecule has 0 spiro atoms. The highest BCUT2D eigenvalue weighted by Crippen LogP contribution is 2.57. The molecule has 2 aromatic heterocycles. The Labute approximate surface area is 171 Å². The van der Waals surface area contributed by atoms with Crippen molar-refractivity contribution in [1.29, 1.82) is 0 Å². The molecule has 2 aromatic rings. The minimum atomic E-state index is -4.67. The quantitative estimate of drug-likeness (QED) is 0.539. The van der Waals surface area contributed by atoms with Crippen molar-refractivity contribution in [3.8, 4) is 5.82 Å². The molecule has 1 amide bonds. The number of ether oxygens (including phenoxy) is 1. The summed E-state index contributed by atoms with van der Waals surface area (Å²) in [6.07, 6.45) is -1.95. The predicted molar refractivity (Wildman–Crippen MR) is 92.9 cm³/mol. The highest BCUT2D eigenvalue weighted by Gasteiger charge is 2.51. The maximum Gasteiger partial charge on any atom is 0.434 e. The van der Waals surface area contributed by atoms with Crippen LogP contribution in [0.25, 0.3) is 5.82 Å². The van der Waals surface area contributed by atoms with E-state index in [0.717, 1.165) is 19.7 Å². The predicted octanol–water partition coefficient (Wildman–Crippen LogP) is 1.92. The smallest absolute Gasteiger partial charge is 0.434 e. The number of hydrogen-bond donors (Lipinski definition) is 1.